The zero-order valence-corrected chi connectivity index (χ0v) is 18.1. The highest BCUT2D eigenvalue weighted by Crippen LogP contribution is 2.27. The summed E-state index contributed by atoms with van der Waals surface area (Å²) in [6.07, 6.45) is 0.667. The van der Waals surface area contributed by atoms with Gasteiger partial charge >= 0.3 is 5.97 Å². The fourth-order valence-corrected chi connectivity index (χ4v) is 4.97. The maximum absolute atomic E-state index is 13.8. The molecule has 0 N–H and O–H groups in total. The molecule has 2 aromatic rings. The largest absolute Gasteiger partial charge is 0.494 e. The van der Waals surface area contributed by atoms with E-state index in [9.17, 15) is 17.6 Å². The molecule has 0 spiro atoms. The van der Waals surface area contributed by atoms with Crippen LogP contribution in [-0.4, -0.2) is 38.4 Å². The van der Waals surface area contributed by atoms with E-state index in [1.54, 1.807) is 12.1 Å². The van der Waals surface area contributed by atoms with Gasteiger partial charge in [0.05, 0.1) is 22.4 Å². The Labute approximate surface area is 180 Å². The number of esters is 1. The molecule has 0 aromatic heterocycles. The van der Waals surface area contributed by atoms with E-state index in [0.29, 0.717) is 25.2 Å². The molecule has 162 valence electrons. The second kappa shape index (κ2) is 9.76. The summed E-state index contributed by atoms with van der Waals surface area (Å²) in [5.41, 5.74) is 0.128. The monoisotopic (exact) mass is 455 g/mol. The van der Waals surface area contributed by atoms with E-state index in [2.05, 4.69) is 0 Å². The molecule has 0 atom stereocenters. The first-order valence-corrected chi connectivity index (χ1v) is 11.5. The van der Waals surface area contributed by atoms with E-state index >= 15 is 0 Å². The van der Waals surface area contributed by atoms with Crippen LogP contribution in [0.3, 0.4) is 0 Å². The maximum Gasteiger partial charge on any atom is 0.309 e. The van der Waals surface area contributed by atoms with Crippen molar-refractivity contribution >= 4 is 27.6 Å². The molecule has 6 nitrogen and oxygen atoms in total. The quantitative estimate of drug-likeness (QED) is 0.589. The van der Waals surface area contributed by atoms with Crippen molar-refractivity contribution in [3.63, 3.8) is 0 Å². The smallest absolute Gasteiger partial charge is 0.309 e. The van der Waals surface area contributed by atoms with Crippen LogP contribution in [0, 0.1) is 11.7 Å². The zero-order chi connectivity index (χ0) is 21.7. The van der Waals surface area contributed by atoms with Gasteiger partial charge in [-0.25, -0.2) is 12.8 Å². The Morgan fingerprint density at radius 3 is 2.43 bits per heavy atom. The van der Waals surface area contributed by atoms with Crippen molar-refractivity contribution in [3.05, 3.63) is 58.9 Å². The third-order valence-electron chi connectivity index (χ3n) is 4.98. The minimum Gasteiger partial charge on any atom is -0.494 e. The molecule has 1 aliphatic heterocycles. The van der Waals surface area contributed by atoms with Crippen LogP contribution in [0.2, 0.25) is 5.02 Å². The molecule has 0 bridgehead atoms. The van der Waals surface area contributed by atoms with E-state index in [-0.39, 0.29) is 35.2 Å². The maximum atomic E-state index is 13.8. The van der Waals surface area contributed by atoms with Crippen molar-refractivity contribution in [1.29, 1.82) is 0 Å². The van der Waals surface area contributed by atoms with Crippen LogP contribution >= 0.6 is 11.6 Å². The van der Waals surface area contributed by atoms with Gasteiger partial charge in [0.2, 0.25) is 10.0 Å². The van der Waals surface area contributed by atoms with Crippen molar-refractivity contribution in [1.82, 2.24) is 4.31 Å². The Bertz CT molecular complexity index is 969. The topological polar surface area (TPSA) is 72.9 Å². The van der Waals surface area contributed by atoms with E-state index in [4.69, 9.17) is 21.1 Å². The summed E-state index contributed by atoms with van der Waals surface area (Å²) >= 11 is 5.94. The van der Waals surface area contributed by atoms with Crippen molar-refractivity contribution in [2.45, 2.75) is 31.3 Å². The second-order valence-electron chi connectivity index (χ2n) is 6.89. The molecule has 0 aliphatic carbocycles. The number of halogens is 2. The number of carbonyl (C=O) groups excluding carboxylic acids is 1. The molecule has 1 saturated heterocycles. The Kier molecular flexibility index (Phi) is 7.33. The fraction of sp³-hybridized carbons (Fsp3) is 0.381. The van der Waals surface area contributed by atoms with Crippen LogP contribution in [0.1, 0.15) is 25.3 Å². The SMILES string of the molecule is CCOc1ccc(S(=O)(=O)N2CCC(C(=O)OCc3c(F)cccc3Cl)CC2)cc1. The summed E-state index contributed by atoms with van der Waals surface area (Å²) in [5, 5.41) is 0.194. The number of rotatable bonds is 7. The van der Waals surface area contributed by atoms with Crippen molar-refractivity contribution in [3.8, 4) is 5.75 Å². The van der Waals surface area contributed by atoms with Crippen molar-refractivity contribution in [2.75, 3.05) is 19.7 Å². The number of carbonyl (C=O) groups is 1. The lowest BCUT2D eigenvalue weighted by molar-refractivity contribution is -0.151. The second-order valence-corrected chi connectivity index (χ2v) is 9.24. The van der Waals surface area contributed by atoms with Crippen LogP contribution in [0.5, 0.6) is 5.75 Å². The van der Waals surface area contributed by atoms with Crippen LogP contribution < -0.4 is 4.74 Å². The first-order chi connectivity index (χ1) is 14.3. The first kappa shape index (κ1) is 22.5. The fourth-order valence-electron chi connectivity index (χ4n) is 3.29. The third-order valence-corrected chi connectivity index (χ3v) is 7.25. The molecule has 2 aromatic carbocycles. The number of piperidine rings is 1. The lowest BCUT2D eigenvalue weighted by Crippen LogP contribution is -2.40. The molecular formula is C21H23ClFNO5S. The summed E-state index contributed by atoms with van der Waals surface area (Å²) in [4.78, 5) is 12.5. The molecule has 1 fully saturated rings. The van der Waals surface area contributed by atoms with Crippen molar-refractivity contribution in [2.24, 2.45) is 5.92 Å². The Hall–Kier alpha value is -2.16. The molecule has 30 heavy (non-hydrogen) atoms. The predicted octanol–water partition coefficient (Wildman–Crippen LogP) is 4.02. The zero-order valence-electron chi connectivity index (χ0n) is 16.5. The lowest BCUT2D eigenvalue weighted by Gasteiger charge is -2.30. The summed E-state index contributed by atoms with van der Waals surface area (Å²) < 4.78 is 51.4. The molecule has 1 heterocycles. The van der Waals surface area contributed by atoms with E-state index in [1.165, 1.54) is 34.6 Å². The summed E-state index contributed by atoms with van der Waals surface area (Å²) in [6, 6.07) is 10.5. The average Bonchev–Trinajstić information content (AvgIpc) is 2.74. The number of benzene rings is 2. The van der Waals surface area contributed by atoms with Crippen LogP contribution in [0.25, 0.3) is 0 Å². The van der Waals surface area contributed by atoms with Gasteiger partial charge in [0.1, 0.15) is 18.2 Å². The molecule has 3 rings (SSSR count). The molecule has 0 amide bonds. The van der Waals surface area contributed by atoms with Gasteiger partial charge in [-0.2, -0.15) is 4.31 Å². The van der Waals surface area contributed by atoms with Gasteiger partial charge in [0, 0.05) is 18.7 Å². The average molecular weight is 456 g/mol. The van der Waals surface area contributed by atoms with Crippen LogP contribution in [0.4, 0.5) is 4.39 Å². The Morgan fingerprint density at radius 1 is 1.17 bits per heavy atom. The van der Waals surface area contributed by atoms with Gasteiger partial charge in [-0.3, -0.25) is 4.79 Å². The summed E-state index contributed by atoms with van der Waals surface area (Å²) in [7, 11) is -3.65. The lowest BCUT2D eigenvalue weighted by atomic mass is 9.98. The molecular weight excluding hydrogens is 433 g/mol. The minimum absolute atomic E-state index is 0.128. The van der Waals surface area contributed by atoms with Crippen molar-refractivity contribution < 1.29 is 27.1 Å². The van der Waals surface area contributed by atoms with E-state index < -0.39 is 27.7 Å². The highest BCUT2D eigenvalue weighted by atomic mass is 35.5. The van der Waals surface area contributed by atoms with Crippen LogP contribution in [-0.2, 0) is 26.2 Å². The third kappa shape index (κ3) is 5.11. The first-order valence-electron chi connectivity index (χ1n) is 9.65. The number of hydrogen-bond donors (Lipinski definition) is 0. The molecule has 1 aliphatic rings. The molecule has 9 heteroatoms. The molecule has 0 radical (unpaired) electrons. The predicted molar refractivity (Wildman–Crippen MR) is 110 cm³/mol. The highest BCUT2D eigenvalue weighted by Gasteiger charge is 2.33. The van der Waals surface area contributed by atoms with E-state index in [1.807, 2.05) is 6.92 Å². The van der Waals surface area contributed by atoms with Gasteiger partial charge in [0.15, 0.2) is 0 Å². The number of hydrogen-bond acceptors (Lipinski definition) is 5. The van der Waals surface area contributed by atoms with Gasteiger partial charge in [-0.15, -0.1) is 0 Å². The summed E-state index contributed by atoms with van der Waals surface area (Å²) in [5.74, 6) is -0.853. The normalized spacial score (nSPS) is 15.7. The van der Waals surface area contributed by atoms with Gasteiger partial charge in [-0.05, 0) is 56.2 Å². The van der Waals surface area contributed by atoms with Gasteiger partial charge < -0.3 is 9.47 Å². The Balaban J connectivity index is 1.56. The molecule has 0 unspecified atom stereocenters. The Morgan fingerprint density at radius 2 is 1.83 bits per heavy atom. The van der Waals surface area contributed by atoms with Gasteiger partial charge in [-0.1, -0.05) is 17.7 Å². The van der Waals surface area contributed by atoms with Gasteiger partial charge in [0.25, 0.3) is 0 Å². The highest BCUT2D eigenvalue weighted by molar-refractivity contribution is 7.89. The number of ether oxygens (including phenoxy) is 2. The van der Waals surface area contributed by atoms with Crippen LogP contribution in [0.15, 0.2) is 47.4 Å². The number of sulfonamides is 1. The standard InChI is InChI=1S/C21H23ClFNO5S/c1-2-28-16-6-8-17(9-7-16)30(26,27)24-12-10-15(11-13-24)21(25)29-14-18-19(22)4-3-5-20(18)23/h3-9,15H,2,10-14H2,1H3. The number of nitrogens with zero attached hydrogens (tertiary/aromatic N) is 1. The van der Waals surface area contributed by atoms with E-state index in [0.717, 1.165) is 0 Å². The molecule has 0 saturated carbocycles. The minimum atomic E-state index is -3.65. The summed E-state index contributed by atoms with van der Waals surface area (Å²) in [6.45, 7) is 2.50.